The lowest BCUT2D eigenvalue weighted by atomic mass is 9.43. The fourth-order valence-corrected chi connectivity index (χ4v) is 6.91. The fourth-order valence-electron chi connectivity index (χ4n) is 6.91. The van der Waals surface area contributed by atoms with Gasteiger partial charge in [-0.2, -0.15) is 0 Å². The Kier molecular flexibility index (Phi) is 8.43. The van der Waals surface area contributed by atoms with Gasteiger partial charge in [0.2, 0.25) is 5.91 Å². The number of ether oxygens (including phenoxy) is 2. The largest absolute Gasteiger partial charge is 0.481 e. The van der Waals surface area contributed by atoms with Crippen molar-refractivity contribution < 1.29 is 28.4 Å². The van der Waals surface area contributed by atoms with E-state index in [0.29, 0.717) is 24.2 Å². The third-order valence-corrected chi connectivity index (χ3v) is 8.54. The van der Waals surface area contributed by atoms with Crippen LogP contribution in [0.3, 0.4) is 0 Å². The molecule has 0 unspecified atom stereocenters. The zero-order valence-corrected chi connectivity index (χ0v) is 26.1. The van der Waals surface area contributed by atoms with Crippen LogP contribution in [0.25, 0.3) is 0 Å². The van der Waals surface area contributed by atoms with Gasteiger partial charge in [-0.05, 0) is 105 Å². The maximum absolute atomic E-state index is 13.9. The first-order valence-corrected chi connectivity index (χ1v) is 14.4. The molecule has 38 heavy (non-hydrogen) atoms. The first-order chi connectivity index (χ1) is 17.0. The maximum atomic E-state index is 13.9. The van der Waals surface area contributed by atoms with Crippen LogP contribution in [-0.2, 0) is 23.6 Å². The molecule has 4 fully saturated rings. The van der Waals surface area contributed by atoms with E-state index < -0.39 is 36.1 Å². The van der Waals surface area contributed by atoms with E-state index in [4.69, 9.17) is 18.8 Å². The van der Waals surface area contributed by atoms with Crippen LogP contribution in [0, 0.1) is 23.2 Å². The van der Waals surface area contributed by atoms with E-state index >= 15 is 0 Å². The minimum atomic E-state index is -1.02. The summed E-state index contributed by atoms with van der Waals surface area (Å²) < 4.78 is 25.0. The van der Waals surface area contributed by atoms with E-state index in [1.165, 1.54) is 0 Å². The number of hydrogen-bond acceptors (Lipinski definition) is 6. The second-order valence-electron chi connectivity index (χ2n) is 15.5. The zero-order chi connectivity index (χ0) is 29.1. The molecule has 218 valence electrons. The maximum Gasteiger partial charge on any atom is 0.481 e. The molecule has 4 rings (SSSR count). The fraction of sp³-hybridized carbons (Fsp3) is 0.931. The molecule has 2 N–H and O–H groups in total. The lowest BCUT2D eigenvalue weighted by Gasteiger charge is -2.64. The number of rotatable bonds is 8. The van der Waals surface area contributed by atoms with Crippen LogP contribution in [0.1, 0.15) is 109 Å². The Morgan fingerprint density at radius 2 is 1.58 bits per heavy atom. The predicted molar refractivity (Wildman–Crippen MR) is 150 cm³/mol. The van der Waals surface area contributed by atoms with Crippen LogP contribution in [0.4, 0.5) is 4.79 Å². The van der Waals surface area contributed by atoms with Gasteiger partial charge in [-0.25, -0.2) is 4.79 Å². The van der Waals surface area contributed by atoms with E-state index in [1.807, 2.05) is 34.6 Å². The number of nitrogens with one attached hydrogen (secondary N) is 2. The lowest BCUT2D eigenvalue weighted by molar-refractivity contribution is -0.199. The molecule has 1 aliphatic heterocycles. The molecule has 6 atom stereocenters. The van der Waals surface area contributed by atoms with Crippen molar-refractivity contribution in [1.82, 2.24) is 10.6 Å². The van der Waals surface area contributed by atoms with Crippen LogP contribution >= 0.6 is 0 Å². The minimum absolute atomic E-state index is 0.0205. The van der Waals surface area contributed by atoms with Crippen molar-refractivity contribution in [3.63, 3.8) is 0 Å². The average Bonchev–Trinajstić information content (AvgIpc) is 3.04. The molecule has 0 aromatic carbocycles. The van der Waals surface area contributed by atoms with Gasteiger partial charge in [-0.15, -0.1) is 0 Å². The number of hydrogen-bond donors (Lipinski definition) is 2. The summed E-state index contributed by atoms with van der Waals surface area (Å²) in [7, 11) is -0.555. The Bertz CT molecular complexity index is 892. The molecule has 2 amide bonds. The second kappa shape index (κ2) is 10.3. The third kappa shape index (κ3) is 6.69. The monoisotopic (exact) mass is 536 g/mol. The van der Waals surface area contributed by atoms with E-state index in [1.54, 1.807) is 20.8 Å². The molecule has 2 bridgehead atoms. The number of amides is 2. The third-order valence-electron chi connectivity index (χ3n) is 8.54. The first-order valence-electron chi connectivity index (χ1n) is 14.4. The standard InChI is InChI=1S/C29H53BN2O6/c1-17(2)14-21(30-36-20-16-18-15-19(27(18,9)10)29(20,13)38-30)31-23(33)22(28(11,12)37-26(6,7)8)32-24(34)35-25(3,4)5/h17-22H,14-16H2,1-13H3,(H,31,33)(H,32,34)/t18-,19-,20+,21-,22+,29-/m0/s1. The summed E-state index contributed by atoms with van der Waals surface area (Å²) in [5, 5.41) is 5.97. The van der Waals surface area contributed by atoms with E-state index in [2.05, 4.69) is 45.3 Å². The highest BCUT2D eigenvalue weighted by Gasteiger charge is 2.68. The summed E-state index contributed by atoms with van der Waals surface area (Å²) in [6, 6.07) is -1.00. The molecule has 0 aromatic rings. The summed E-state index contributed by atoms with van der Waals surface area (Å²) in [6.07, 6.45) is 2.17. The molecule has 0 spiro atoms. The van der Waals surface area contributed by atoms with Crippen LogP contribution in [-0.4, -0.2) is 59.6 Å². The highest BCUT2D eigenvalue weighted by molar-refractivity contribution is 6.48. The Labute approximate surface area is 231 Å². The molecular formula is C29H53BN2O6. The Hall–Kier alpha value is -1.32. The van der Waals surface area contributed by atoms with E-state index in [0.717, 1.165) is 12.8 Å². The Balaban J connectivity index is 1.83. The molecule has 9 heteroatoms. The topological polar surface area (TPSA) is 95.1 Å². The smallest absolute Gasteiger partial charge is 0.444 e. The molecule has 3 saturated carbocycles. The molecule has 3 aliphatic carbocycles. The lowest BCUT2D eigenvalue weighted by Crippen LogP contribution is -2.65. The molecular weight excluding hydrogens is 483 g/mol. The van der Waals surface area contributed by atoms with Gasteiger partial charge in [0.1, 0.15) is 11.6 Å². The second-order valence-corrected chi connectivity index (χ2v) is 15.5. The highest BCUT2D eigenvalue weighted by Crippen LogP contribution is 2.65. The van der Waals surface area contributed by atoms with Crippen LogP contribution < -0.4 is 10.6 Å². The van der Waals surface area contributed by atoms with E-state index in [-0.39, 0.29) is 29.0 Å². The van der Waals surface area contributed by atoms with E-state index in [9.17, 15) is 9.59 Å². The van der Waals surface area contributed by atoms with Gasteiger partial charge in [-0.1, -0.05) is 27.7 Å². The van der Waals surface area contributed by atoms with Crippen LogP contribution in [0.15, 0.2) is 0 Å². The van der Waals surface area contributed by atoms with Crippen LogP contribution in [0.2, 0.25) is 0 Å². The summed E-state index contributed by atoms with van der Waals surface area (Å²) >= 11 is 0. The number of carbonyl (C=O) groups is 2. The van der Waals surface area contributed by atoms with Gasteiger partial charge in [0, 0.05) is 0 Å². The summed E-state index contributed by atoms with van der Waals surface area (Å²) in [5.41, 5.74) is -2.40. The quantitative estimate of drug-likeness (QED) is 0.411. The molecule has 0 aromatic heterocycles. The van der Waals surface area contributed by atoms with Gasteiger partial charge < -0.3 is 29.4 Å². The first kappa shape index (κ1) is 31.2. The summed E-state index contributed by atoms with van der Waals surface area (Å²) in [4.78, 5) is 26.7. The van der Waals surface area contributed by atoms with Gasteiger partial charge in [0.05, 0.1) is 28.8 Å². The van der Waals surface area contributed by atoms with Gasteiger partial charge in [-0.3, -0.25) is 4.79 Å². The van der Waals surface area contributed by atoms with Crippen molar-refractivity contribution in [2.75, 3.05) is 0 Å². The SMILES string of the molecule is CC(C)C[C@H](NC(=O)[C@@H](NC(=O)OC(C)(C)C)C(C)(C)OC(C)(C)C)B1O[C@@H]2C[C@@H]3C[C@@H](C3(C)C)[C@]2(C)O1. The molecule has 8 nitrogen and oxygen atoms in total. The Morgan fingerprint density at radius 1 is 0.974 bits per heavy atom. The van der Waals surface area contributed by atoms with Crippen molar-refractivity contribution >= 4 is 19.1 Å². The molecule has 1 heterocycles. The van der Waals surface area contributed by atoms with Gasteiger partial charge >= 0.3 is 13.2 Å². The van der Waals surface area contributed by atoms with Crippen molar-refractivity contribution in [2.45, 2.75) is 150 Å². The van der Waals surface area contributed by atoms with Gasteiger partial charge in [0.15, 0.2) is 0 Å². The van der Waals surface area contributed by atoms with Crippen molar-refractivity contribution in [3.8, 4) is 0 Å². The molecule has 0 radical (unpaired) electrons. The average molecular weight is 537 g/mol. The highest BCUT2D eigenvalue weighted by atomic mass is 16.7. The minimum Gasteiger partial charge on any atom is -0.444 e. The zero-order valence-electron chi connectivity index (χ0n) is 26.1. The van der Waals surface area contributed by atoms with Gasteiger partial charge in [0.25, 0.3) is 0 Å². The summed E-state index contributed by atoms with van der Waals surface area (Å²) in [6.45, 7) is 25.8. The Morgan fingerprint density at radius 3 is 2.08 bits per heavy atom. The number of carbonyl (C=O) groups excluding carboxylic acids is 2. The predicted octanol–water partition coefficient (Wildman–Crippen LogP) is 5.27. The van der Waals surface area contributed by atoms with Crippen molar-refractivity contribution in [1.29, 1.82) is 0 Å². The van der Waals surface area contributed by atoms with Crippen LogP contribution in [0.5, 0.6) is 0 Å². The number of alkyl carbamates (subject to hydrolysis) is 1. The normalized spacial score (nSPS) is 30.3. The molecule has 1 saturated heterocycles. The summed E-state index contributed by atoms with van der Waals surface area (Å²) in [5.74, 6) is 0.638. The van der Waals surface area contributed by atoms with Crippen molar-refractivity contribution in [3.05, 3.63) is 0 Å². The van der Waals surface area contributed by atoms with Crippen molar-refractivity contribution in [2.24, 2.45) is 23.2 Å². The molecule has 4 aliphatic rings.